The van der Waals surface area contributed by atoms with Crippen molar-refractivity contribution < 1.29 is 28.3 Å². The Kier molecular flexibility index (Phi) is 6.28. The zero-order valence-corrected chi connectivity index (χ0v) is 23.6. The number of nitrogens with one attached hydrogen (secondary N) is 2. The molecule has 1 spiro atoms. The first-order chi connectivity index (χ1) is 19.4. The highest BCUT2D eigenvalue weighted by atomic mass is 19.1. The van der Waals surface area contributed by atoms with E-state index in [0.717, 1.165) is 0 Å². The Morgan fingerprint density at radius 1 is 1.29 bits per heavy atom. The summed E-state index contributed by atoms with van der Waals surface area (Å²) in [6.45, 7) is 7.35. The van der Waals surface area contributed by atoms with Gasteiger partial charge in [-0.05, 0) is 61.0 Å². The highest BCUT2D eigenvalue weighted by Gasteiger charge is 2.65. The summed E-state index contributed by atoms with van der Waals surface area (Å²) in [4.78, 5) is 60.4. The van der Waals surface area contributed by atoms with E-state index in [4.69, 9.17) is 4.74 Å². The summed E-state index contributed by atoms with van der Waals surface area (Å²) >= 11 is 0. The van der Waals surface area contributed by atoms with E-state index < -0.39 is 59.0 Å². The molecule has 11 nitrogen and oxygen atoms in total. The number of alkyl halides is 1. The first-order valence-electron chi connectivity index (χ1n) is 14.2. The largest absolute Gasteiger partial charge is 0.472 e. The molecule has 9 atom stereocenters. The number of fused-ring (bicyclic) bond motifs is 6. The first kappa shape index (κ1) is 27.4. The molecule has 3 aliphatic heterocycles. The molecule has 2 saturated carbocycles. The lowest BCUT2D eigenvalue weighted by Gasteiger charge is -2.38. The minimum atomic E-state index is -1.50. The number of aryl methyl sites for hydroxylation is 1. The number of carbonyl (C=O) groups excluding carboxylic acids is 4. The molecule has 2 aliphatic carbocycles. The second-order valence-corrected chi connectivity index (χ2v) is 13.3. The first-order valence-corrected chi connectivity index (χ1v) is 14.2. The van der Waals surface area contributed by atoms with Gasteiger partial charge in [-0.1, -0.05) is 20.8 Å². The highest BCUT2D eigenvalue weighted by Crippen LogP contribution is 2.59. The lowest BCUT2D eigenvalue weighted by Crippen LogP contribution is -2.59. The molecule has 12 heteroatoms. The quantitative estimate of drug-likeness (QED) is 0.527. The third-order valence-electron chi connectivity index (χ3n) is 9.86. The van der Waals surface area contributed by atoms with E-state index in [1.807, 2.05) is 20.8 Å². The van der Waals surface area contributed by atoms with Gasteiger partial charge in [-0.25, -0.2) is 9.37 Å². The van der Waals surface area contributed by atoms with E-state index in [1.54, 1.807) is 19.1 Å². The van der Waals surface area contributed by atoms with E-state index in [9.17, 15) is 24.4 Å². The van der Waals surface area contributed by atoms with Crippen molar-refractivity contribution in [1.82, 2.24) is 20.1 Å². The predicted octanol–water partition coefficient (Wildman–Crippen LogP) is 1.57. The van der Waals surface area contributed by atoms with Gasteiger partial charge >= 0.3 is 0 Å². The van der Waals surface area contributed by atoms with Gasteiger partial charge in [0.05, 0.1) is 12.6 Å². The van der Waals surface area contributed by atoms with Crippen molar-refractivity contribution in [3.8, 4) is 11.8 Å². The van der Waals surface area contributed by atoms with Crippen molar-refractivity contribution in [2.24, 2.45) is 29.1 Å². The number of halogens is 1. The summed E-state index contributed by atoms with van der Waals surface area (Å²) in [6, 6.07) is 2.69. The summed E-state index contributed by atoms with van der Waals surface area (Å²) in [5.74, 6) is -1.51. The minimum Gasteiger partial charge on any atom is -0.472 e. The number of rotatable bonds is 4. The van der Waals surface area contributed by atoms with Crippen LogP contribution in [0.4, 0.5) is 10.2 Å². The average molecular weight is 567 g/mol. The van der Waals surface area contributed by atoms with Gasteiger partial charge < -0.3 is 25.2 Å². The highest BCUT2D eigenvalue weighted by molar-refractivity contribution is 6.01. The minimum absolute atomic E-state index is 0.0470. The lowest BCUT2D eigenvalue weighted by molar-refractivity contribution is -0.149. The van der Waals surface area contributed by atoms with Crippen LogP contribution in [-0.4, -0.2) is 81.9 Å². The standard InChI is InChI=1S/C29H35FN6O5/c1-14-5-6-20-24(33-14)34-27(40)29(41-20)9-16(10-31)36(12-29)25(38)22-21-17-7-15(8-19(17)30)18(21)11-35(22)26(39)23(32-13-37)28(2,3)4/h5-6,13,15-19,21-23H,7-9,11-12H2,1-4H3,(H,32,37)(H,33,34,40). The second kappa shape index (κ2) is 9.39. The second-order valence-electron chi connectivity index (χ2n) is 13.3. The normalized spacial score (nSPS) is 35.8. The molecule has 0 radical (unpaired) electrons. The summed E-state index contributed by atoms with van der Waals surface area (Å²) in [7, 11) is 0. The molecule has 0 aromatic carbocycles. The van der Waals surface area contributed by atoms with Crippen molar-refractivity contribution >= 4 is 29.9 Å². The van der Waals surface area contributed by atoms with Crippen LogP contribution in [0, 0.1) is 47.3 Å². The van der Waals surface area contributed by atoms with E-state index in [-0.39, 0.29) is 43.1 Å². The predicted molar refractivity (Wildman–Crippen MR) is 143 cm³/mol. The molecule has 6 rings (SSSR count). The molecular formula is C29H35FN6O5. The van der Waals surface area contributed by atoms with Gasteiger partial charge in [0.2, 0.25) is 23.8 Å². The number of hydrogen-bond donors (Lipinski definition) is 2. The van der Waals surface area contributed by atoms with Crippen LogP contribution in [0.3, 0.4) is 0 Å². The summed E-state index contributed by atoms with van der Waals surface area (Å²) < 4.78 is 21.3. The number of nitriles is 1. The van der Waals surface area contributed by atoms with Crippen LogP contribution in [0.15, 0.2) is 12.1 Å². The van der Waals surface area contributed by atoms with Crippen LogP contribution in [0.5, 0.6) is 5.75 Å². The Balaban J connectivity index is 1.34. The van der Waals surface area contributed by atoms with Crippen LogP contribution in [0.2, 0.25) is 0 Å². The lowest BCUT2D eigenvalue weighted by atomic mass is 9.77. The third kappa shape index (κ3) is 4.15. The van der Waals surface area contributed by atoms with Gasteiger partial charge in [0.1, 0.15) is 24.3 Å². The number of aromatic nitrogens is 1. The fraction of sp³-hybridized carbons (Fsp3) is 0.655. The number of carbonyl (C=O) groups is 4. The fourth-order valence-electron chi connectivity index (χ4n) is 8.00. The maximum atomic E-state index is 15.1. The molecule has 4 amide bonds. The molecule has 41 heavy (non-hydrogen) atoms. The number of likely N-dealkylation sites (tertiary alicyclic amines) is 2. The maximum Gasteiger partial charge on any atom is 0.271 e. The molecule has 2 bridgehead atoms. The van der Waals surface area contributed by atoms with E-state index in [0.29, 0.717) is 30.7 Å². The Bertz CT molecular complexity index is 1360. The molecule has 2 N–H and O–H groups in total. The Morgan fingerprint density at radius 2 is 2.05 bits per heavy atom. The van der Waals surface area contributed by atoms with E-state index in [1.165, 1.54) is 9.80 Å². The van der Waals surface area contributed by atoms with Crippen LogP contribution in [0.1, 0.15) is 45.7 Å². The van der Waals surface area contributed by atoms with Gasteiger partial charge in [-0.3, -0.25) is 19.2 Å². The van der Waals surface area contributed by atoms with Crippen molar-refractivity contribution in [2.75, 3.05) is 18.4 Å². The number of ether oxygens (including phenoxy) is 1. The van der Waals surface area contributed by atoms with Crippen molar-refractivity contribution in [3.05, 3.63) is 17.8 Å². The van der Waals surface area contributed by atoms with Crippen molar-refractivity contribution in [2.45, 2.75) is 76.9 Å². The zero-order valence-electron chi connectivity index (χ0n) is 23.6. The third-order valence-corrected chi connectivity index (χ3v) is 9.86. The number of nitrogens with zero attached hydrogens (tertiary/aromatic N) is 4. The van der Waals surface area contributed by atoms with Crippen molar-refractivity contribution in [3.63, 3.8) is 0 Å². The van der Waals surface area contributed by atoms with Crippen LogP contribution >= 0.6 is 0 Å². The fourth-order valence-corrected chi connectivity index (χ4v) is 8.00. The van der Waals surface area contributed by atoms with Crippen LogP contribution in [-0.2, 0) is 19.2 Å². The molecule has 1 aromatic heterocycles. The molecule has 5 aliphatic rings. The number of anilines is 1. The van der Waals surface area contributed by atoms with Gasteiger partial charge in [0.25, 0.3) is 5.91 Å². The molecule has 1 aromatic rings. The van der Waals surface area contributed by atoms with Crippen molar-refractivity contribution in [1.29, 1.82) is 5.26 Å². The zero-order chi connectivity index (χ0) is 29.4. The van der Waals surface area contributed by atoms with Gasteiger partial charge in [-0.15, -0.1) is 0 Å². The molecule has 4 heterocycles. The Hall–Kier alpha value is -3.75. The number of pyridine rings is 1. The summed E-state index contributed by atoms with van der Waals surface area (Å²) in [5, 5.41) is 15.5. The van der Waals surface area contributed by atoms with Gasteiger partial charge in [0, 0.05) is 18.7 Å². The molecule has 2 saturated heterocycles. The average Bonchev–Trinajstić information content (AvgIpc) is 3.66. The van der Waals surface area contributed by atoms with Gasteiger partial charge in [0.15, 0.2) is 11.6 Å². The van der Waals surface area contributed by atoms with E-state index >= 15 is 4.39 Å². The van der Waals surface area contributed by atoms with Crippen LogP contribution in [0.25, 0.3) is 0 Å². The maximum absolute atomic E-state index is 15.1. The monoisotopic (exact) mass is 566 g/mol. The molecular weight excluding hydrogens is 531 g/mol. The molecule has 4 fully saturated rings. The van der Waals surface area contributed by atoms with E-state index in [2.05, 4.69) is 21.7 Å². The number of hydrogen-bond acceptors (Lipinski definition) is 7. The topological polar surface area (TPSA) is 145 Å². The Labute approximate surface area is 237 Å². The number of amides is 4. The summed E-state index contributed by atoms with van der Waals surface area (Å²) in [5.41, 5.74) is -1.46. The van der Waals surface area contributed by atoms with Crippen LogP contribution < -0.4 is 15.4 Å². The molecule has 9 unspecified atom stereocenters. The molecule has 218 valence electrons. The SMILES string of the molecule is Cc1ccc2c(n1)NC(=O)C1(CC(C#N)N(C(=O)C3C4C5CC(CC5F)C4CN3C(=O)C(NC=O)C(C)(C)C)C1)O2. The van der Waals surface area contributed by atoms with Gasteiger partial charge in [-0.2, -0.15) is 5.26 Å². The summed E-state index contributed by atoms with van der Waals surface area (Å²) in [6.07, 6.45) is 0.440. The smallest absolute Gasteiger partial charge is 0.271 e. The Morgan fingerprint density at radius 3 is 2.73 bits per heavy atom.